The standard InChI is InChI=1S/C23H36N4/c1-4-8-23(22-17-26(3)18-25-22)27(21-11-7-13-24-14-12-21)16-20-10-6-9-19(5-2)15-20/h6,8-10,15,17,21,24-25H,4-5,7,11-14,16,18H2,1-3H3/b23-8+. The van der Waals surface area contributed by atoms with E-state index < -0.39 is 0 Å². The van der Waals surface area contributed by atoms with Crippen molar-refractivity contribution in [3.8, 4) is 0 Å². The molecule has 0 bridgehead atoms. The number of rotatable bonds is 7. The highest BCUT2D eigenvalue weighted by Gasteiger charge is 2.25. The fourth-order valence-corrected chi connectivity index (χ4v) is 4.12. The Labute approximate surface area is 165 Å². The summed E-state index contributed by atoms with van der Waals surface area (Å²) >= 11 is 0. The summed E-state index contributed by atoms with van der Waals surface area (Å²) in [5.74, 6) is 0. The van der Waals surface area contributed by atoms with Crippen LogP contribution in [0.2, 0.25) is 0 Å². The van der Waals surface area contributed by atoms with Crippen LogP contribution in [0.4, 0.5) is 0 Å². The first-order valence-electron chi connectivity index (χ1n) is 10.6. The third-order valence-corrected chi connectivity index (χ3v) is 5.59. The summed E-state index contributed by atoms with van der Waals surface area (Å²) in [5, 5.41) is 7.17. The molecule has 27 heavy (non-hydrogen) atoms. The van der Waals surface area contributed by atoms with Gasteiger partial charge in [0.05, 0.1) is 18.1 Å². The monoisotopic (exact) mass is 368 g/mol. The number of allylic oxidation sites excluding steroid dienone is 1. The lowest BCUT2D eigenvalue weighted by Crippen LogP contribution is -2.37. The number of hydrogen-bond donors (Lipinski definition) is 2. The van der Waals surface area contributed by atoms with Gasteiger partial charge in [-0.25, -0.2) is 0 Å². The van der Waals surface area contributed by atoms with Crippen molar-refractivity contribution in [2.24, 2.45) is 0 Å². The summed E-state index contributed by atoms with van der Waals surface area (Å²) < 4.78 is 0. The van der Waals surface area contributed by atoms with Crippen LogP contribution in [0.25, 0.3) is 0 Å². The van der Waals surface area contributed by atoms with Gasteiger partial charge >= 0.3 is 0 Å². The summed E-state index contributed by atoms with van der Waals surface area (Å²) in [4.78, 5) is 4.90. The van der Waals surface area contributed by atoms with Crippen LogP contribution in [0.3, 0.4) is 0 Å². The molecule has 4 nitrogen and oxygen atoms in total. The SMILES string of the molecule is CC/C=C(\C1=CN(C)CN1)N(Cc1cccc(CC)c1)C1CCCNCC1. The lowest BCUT2D eigenvalue weighted by molar-refractivity contribution is 0.227. The quantitative estimate of drug-likeness (QED) is 0.766. The molecule has 1 aromatic rings. The predicted molar refractivity (Wildman–Crippen MR) is 114 cm³/mol. The van der Waals surface area contributed by atoms with Gasteiger partial charge in [-0.05, 0) is 56.3 Å². The molecule has 2 heterocycles. The minimum Gasteiger partial charge on any atom is -0.365 e. The summed E-state index contributed by atoms with van der Waals surface area (Å²) in [5.41, 5.74) is 5.48. The second kappa shape index (κ2) is 9.84. The molecule has 1 saturated heterocycles. The van der Waals surface area contributed by atoms with E-state index >= 15 is 0 Å². The van der Waals surface area contributed by atoms with Gasteiger partial charge in [-0.3, -0.25) is 0 Å². The zero-order chi connectivity index (χ0) is 19.1. The normalized spacial score (nSPS) is 20.9. The Bertz CT molecular complexity index is 656. The third kappa shape index (κ3) is 5.29. The van der Waals surface area contributed by atoms with Crippen LogP contribution in [0, 0.1) is 0 Å². The van der Waals surface area contributed by atoms with E-state index in [0.29, 0.717) is 6.04 Å². The zero-order valence-electron chi connectivity index (χ0n) is 17.3. The first-order chi connectivity index (χ1) is 13.2. The molecule has 1 aromatic carbocycles. The zero-order valence-corrected chi connectivity index (χ0v) is 17.3. The van der Waals surface area contributed by atoms with Crippen molar-refractivity contribution in [3.05, 3.63) is 59.1 Å². The molecule has 1 fully saturated rings. The maximum atomic E-state index is 3.60. The van der Waals surface area contributed by atoms with Crippen molar-refractivity contribution in [3.63, 3.8) is 0 Å². The molecule has 0 aliphatic carbocycles. The average Bonchev–Trinajstić information content (AvgIpc) is 2.94. The molecule has 2 aliphatic heterocycles. The van der Waals surface area contributed by atoms with Gasteiger partial charge in [0.1, 0.15) is 0 Å². The second-order valence-corrected chi connectivity index (χ2v) is 7.77. The highest BCUT2D eigenvalue weighted by molar-refractivity contribution is 5.32. The van der Waals surface area contributed by atoms with Crippen molar-refractivity contribution in [1.82, 2.24) is 20.4 Å². The second-order valence-electron chi connectivity index (χ2n) is 7.77. The molecule has 3 rings (SSSR count). The van der Waals surface area contributed by atoms with E-state index in [1.807, 2.05) is 0 Å². The fourth-order valence-electron chi connectivity index (χ4n) is 4.12. The minimum absolute atomic E-state index is 0.580. The smallest absolute Gasteiger partial charge is 0.0870 e. The van der Waals surface area contributed by atoms with E-state index in [1.165, 1.54) is 41.8 Å². The van der Waals surface area contributed by atoms with Crippen molar-refractivity contribution < 1.29 is 0 Å². The van der Waals surface area contributed by atoms with Crippen LogP contribution in [-0.2, 0) is 13.0 Å². The van der Waals surface area contributed by atoms with Gasteiger partial charge in [0.15, 0.2) is 0 Å². The topological polar surface area (TPSA) is 30.5 Å². The van der Waals surface area contributed by atoms with Crippen LogP contribution < -0.4 is 10.6 Å². The highest BCUT2D eigenvalue weighted by atomic mass is 15.3. The molecule has 0 saturated carbocycles. The molecule has 148 valence electrons. The van der Waals surface area contributed by atoms with Crippen molar-refractivity contribution in [2.45, 2.75) is 58.5 Å². The van der Waals surface area contributed by atoms with Gasteiger partial charge in [0, 0.05) is 25.8 Å². The van der Waals surface area contributed by atoms with Gasteiger partial charge in [-0.1, -0.05) is 44.2 Å². The first-order valence-corrected chi connectivity index (χ1v) is 10.6. The van der Waals surface area contributed by atoms with Crippen molar-refractivity contribution in [2.75, 3.05) is 26.8 Å². The number of nitrogens with zero attached hydrogens (tertiary/aromatic N) is 2. The molecular weight excluding hydrogens is 332 g/mol. The molecule has 2 aliphatic rings. The van der Waals surface area contributed by atoms with Crippen LogP contribution in [0.1, 0.15) is 50.7 Å². The van der Waals surface area contributed by atoms with Crippen molar-refractivity contribution >= 4 is 0 Å². The Morgan fingerprint density at radius 1 is 1.22 bits per heavy atom. The Morgan fingerprint density at radius 3 is 2.81 bits per heavy atom. The molecule has 4 heteroatoms. The Balaban J connectivity index is 1.91. The number of hydrogen-bond acceptors (Lipinski definition) is 4. The van der Waals surface area contributed by atoms with Crippen molar-refractivity contribution in [1.29, 1.82) is 0 Å². The molecule has 0 spiro atoms. The molecule has 2 N–H and O–H groups in total. The van der Waals surface area contributed by atoms with E-state index in [2.05, 4.69) is 77.9 Å². The van der Waals surface area contributed by atoms with E-state index in [-0.39, 0.29) is 0 Å². The maximum absolute atomic E-state index is 3.60. The van der Waals surface area contributed by atoms with Crippen LogP contribution in [0.5, 0.6) is 0 Å². The number of benzene rings is 1. The average molecular weight is 369 g/mol. The Hall–Kier alpha value is -1.94. The minimum atomic E-state index is 0.580. The molecular formula is C23H36N4. The molecule has 0 radical (unpaired) electrons. The van der Waals surface area contributed by atoms with E-state index in [4.69, 9.17) is 0 Å². The van der Waals surface area contributed by atoms with Gasteiger partial charge in [-0.2, -0.15) is 0 Å². The van der Waals surface area contributed by atoms with Gasteiger partial charge in [-0.15, -0.1) is 0 Å². The Kier molecular flexibility index (Phi) is 7.22. The third-order valence-electron chi connectivity index (χ3n) is 5.59. The van der Waals surface area contributed by atoms with Gasteiger partial charge in [0.25, 0.3) is 0 Å². The Morgan fingerprint density at radius 2 is 2.07 bits per heavy atom. The van der Waals surface area contributed by atoms with E-state index in [9.17, 15) is 0 Å². The largest absolute Gasteiger partial charge is 0.365 e. The number of aryl methyl sites for hydroxylation is 1. The molecule has 1 atom stereocenters. The highest BCUT2D eigenvalue weighted by Crippen LogP contribution is 2.27. The fraction of sp³-hybridized carbons (Fsp3) is 0.565. The van der Waals surface area contributed by atoms with Crippen LogP contribution in [0.15, 0.2) is 47.9 Å². The van der Waals surface area contributed by atoms with E-state index in [0.717, 1.165) is 39.1 Å². The first kappa shape index (κ1) is 19.8. The predicted octanol–water partition coefficient (Wildman–Crippen LogP) is 3.82. The van der Waals surface area contributed by atoms with Gasteiger partial charge < -0.3 is 20.4 Å². The molecule has 0 amide bonds. The summed E-state index contributed by atoms with van der Waals surface area (Å²) in [7, 11) is 2.13. The molecule has 1 unspecified atom stereocenters. The number of nitrogens with one attached hydrogen (secondary N) is 2. The summed E-state index contributed by atoms with van der Waals surface area (Å²) in [6.07, 6.45) is 10.5. The summed E-state index contributed by atoms with van der Waals surface area (Å²) in [6.45, 7) is 8.60. The van der Waals surface area contributed by atoms with Gasteiger partial charge in [0.2, 0.25) is 0 Å². The van der Waals surface area contributed by atoms with Crippen LogP contribution >= 0.6 is 0 Å². The molecule has 0 aromatic heterocycles. The van der Waals surface area contributed by atoms with Crippen LogP contribution in [-0.4, -0.2) is 42.6 Å². The lowest BCUT2D eigenvalue weighted by atomic mass is 10.0. The van der Waals surface area contributed by atoms with E-state index in [1.54, 1.807) is 0 Å². The lowest BCUT2D eigenvalue weighted by Gasteiger charge is -2.36. The maximum Gasteiger partial charge on any atom is 0.0870 e. The summed E-state index contributed by atoms with van der Waals surface area (Å²) in [6, 6.07) is 9.70.